The highest BCUT2D eigenvalue weighted by atomic mass is 16.6. The van der Waals surface area contributed by atoms with E-state index in [1.807, 2.05) is 0 Å². The Labute approximate surface area is 61.5 Å². The van der Waals surface area contributed by atoms with Crippen LogP contribution in [0.3, 0.4) is 0 Å². The largest absolute Gasteiger partial charge is 0.381 e. The maximum absolute atomic E-state index is 5.36. The minimum atomic E-state index is 0.590. The lowest BCUT2D eigenvalue weighted by atomic mass is 9.97. The number of hydrogen-bond acceptors (Lipinski definition) is 2. The minimum absolute atomic E-state index is 0.590. The number of ether oxygens (including phenoxy) is 2. The van der Waals surface area contributed by atoms with Crippen LogP contribution in [0.25, 0.3) is 0 Å². The zero-order chi connectivity index (χ0) is 6.81. The van der Waals surface area contributed by atoms with E-state index in [1.54, 1.807) is 0 Å². The molecule has 0 spiro atoms. The lowest BCUT2D eigenvalue weighted by Gasteiger charge is -2.20. The molecule has 0 amide bonds. The molecule has 2 aliphatic rings. The first-order chi connectivity index (χ1) is 4.95. The van der Waals surface area contributed by atoms with E-state index in [4.69, 9.17) is 9.47 Å². The number of epoxide rings is 1. The van der Waals surface area contributed by atoms with Crippen LogP contribution >= 0.6 is 0 Å². The fourth-order valence-corrected chi connectivity index (χ4v) is 1.57. The molecule has 2 fully saturated rings. The van der Waals surface area contributed by atoms with Gasteiger partial charge < -0.3 is 9.47 Å². The monoisotopic (exact) mass is 142 g/mol. The molecule has 0 aromatic carbocycles. The topological polar surface area (TPSA) is 21.8 Å². The molecule has 0 aromatic rings. The molecule has 2 atom stereocenters. The Balaban J connectivity index is 1.69. The summed E-state index contributed by atoms with van der Waals surface area (Å²) in [6.45, 7) is 2.94. The van der Waals surface area contributed by atoms with Gasteiger partial charge in [0, 0.05) is 13.2 Å². The van der Waals surface area contributed by atoms with Crippen LogP contribution in [0.5, 0.6) is 0 Å². The van der Waals surface area contributed by atoms with E-state index in [1.165, 1.54) is 19.3 Å². The molecule has 2 saturated heterocycles. The van der Waals surface area contributed by atoms with Gasteiger partial charge in [0.05, 0.1) is 12.7 Å². The van der Waals surface area contributed by atoms with Gasteiger partial charge in [-0.2, -0.15) is 0 Å². The second kappa shape index (κ2) is 2.89. The molecular weight excluding hydrogens is 128 g/mol. The summed E-state index contributed by atoms with van der Waals surface area (Å²) in [5.74, 6) is 0.793. The highest BCUT2D eigenvalue weighted by Gasteiger charge is 2.27. The second-order valence-corrected chi connectivity index (χ2v) is 3.27. The summed E-state index contributed by atoms with van der Waals surface area (Å²) in [5.41, 5.74) is 0. The highest BCUT2D eigenvalue weighted by Crippen LogP contribution is 2.25. The molecular formula is C8H14O2. The standard InChI is InChI=1S/C8H14O2/c1-2-7(5-9-3-1)4-8-6-10-8/h7-8H,1-6H2. The Bertz CT molecular complexity index is 104. The van der Waals surface area contributed by atoms with Crippen molar-refractivity contribution in [2.24, 2.45) is 5.92 Å². The van der Waals surface area contributed by atoms with E-state index in [0.29, 0.717) is 6.10 Å². The molecule has 0 radical (unpaired) electrons. The Morgan fingerprint density at radius 3 is 2.80 bits per heavy atom. The molecule has 0 aliphatic carbocycles. The van der Waals surface area contributed by atoms with Crippen LogP contribution in [0.1, 0.15) is 19.3 Å². The Hall–Kier alpha value is -0.0800. The molecule has 58 valence electrons. The highest BCUT2D eigenvalue weighted by molar-refractivity contribution is 4.75. The van der Waals surface area contributed by atoms with Crippen molar-refractivity contribution in [1.82, 2.24) is 0 Å². The van der Waals surface area contributed by atoms with E-state index < -0.39 is 0 Å². The summed E-state index contributed by atoms with van der Waals surface area (Å²) in [4.78, 5) is 0. The van der Waals surface area contributed by atoms with Gasteiger partial charge in [0.15, 0.2) is 0 Å². The molecule has 2 heterocycles. The summed E-state index contributed by atoms with van der Waals surface area (Å²) in [5, 5.41) is 0. The molecule has 0 aromatic heterocycles. The lowest BCUT2D eigenvalue weighted by Crippen LogP contribution is -2.18. The average molecular weight is 142 g/mol. The maximum atomic E-state index is 5.36. The fraction of sp³-hybridized carbons (Fsp3) is 1.00. The van der Waals surface area contributed by atoms with Gasteiger partial charge in [-0.1, -0.05) is 0 Å². The average Bonchev–Trinajstić information content (AvgIpc) is 2.74. The first-order valence-electron chi connectivity index (χ1n) is 4.14. The lowest BCUT2D eigenvalue weighted by molar-refractivity contribution is 0.0487. The van der Waals surface area contributed by atoms with E-state index >= 15 is 0 Å². The molecule has 0 N–H and O–H groups in total. The third kappa shape index (κ3) is 1.70. The summed E-state index contributed by atoms with van der Waals surface area (Å²) < 4.78 is 10.5. The molecule has 0 bridgehead atoms. The van der Waals surface area contributed by atoms with Crippen LogP contribution < -0.4 is 0 Å². The molecule has 2 aliphatic heterocycles. The van der Waals surface area contributed by atoms with Crippen molar-refractivity contribution in [3.05, 3.63) is 0 Å². The van der Waals surface area contributed by atoms with Gasteiger partial charge in [-0.05, 0) is 25.2 Å². The summed E-state index contributed by atoms with van der Waals surface area (Å²) in [6, 6.07) is 0. The van der Waals surface area contributed by atoms with Crippen molar-refractivity contribution in [1.29, 1.82) is 0 Å². The summed E-state index contributed by atoms with van der Waals surface area (Å²) in [7, 11) is 0. The predicted molar refractivity (Wildman–Crippen MR) is 37.9 cm³/mol. The van der Waals surface area contributed by atoms with Gasteiger partial charge in [-0.15, -0.1) is 0 Å². The molecule has 2 unspecified atom stereocenters. The van der Waals surface area contributed by atoms with Crippen molar-refractivity contribution in [2.75, 3.05) is 19.8 Å². The van der Waals surface area contributed by atoms with Crippen molar-refractivity contribution in [3.8, 4) is 0 Å². The Morgan fingerprint density at radius 1 is 1.30 bits per heavy atom. The van der Waals surface area contributed by atoms with Gasteiger partial charge in [0.25, 0.3) is 0 Å². The SMILES string of the molecule is C1COCC(CC2CO2)C1. The Morgan fingerprint density at radius 2 is 2.20 bits per heavy atom. The predicted octanol–water partition coefficient (Wildman–Crippen LogP) is 1.20. The third-order valence-electron chi connectivity index (χ3n) is 2.25. The van der Waals surface area contributed by atoms with E-state index in [9.17, 15) is 0 Å². The van der Waals surface area contributed by atoms with Gasteiger partial charge >= 0.3 is 0 Å². The van der Waals surface area contributed by atoms with Gasteiger partial charge in [0.2, 0.25) is 0 Å². The van der Waals surface area contributed by atoms with Gasteiger partial charge in [-0.3, -0.25) is 0 Å². The zero-order valence-electron chi connectivity index (χ0n) is 6.21. The normalized spacial score (nSPS) is 39.6. The first kappa shape index (κ1) is 6.62. The van der Waals surface area contributed by atoms with E-state index in [-0.39, 0.29) is 0 Å². The van der Waals surface area contributed by atoms with E-state index in [2.05, 4.69) is 0 Å². The maximum Gasteiger partial charge on any atom is 0.0813 e. The van der Waals surface area contributed by atoms with Crippen molar-refractivity contribution >= 4 is 0 Å². The fourth-order valence-electron chi connectivity index (χ4n) is 1.57. The second-order valence-electron chi connectivity index (χ2n) is 3.27. The molecule has 10 heavy (non-hydrogen) atoms. The molecule has 0 saturated carbocycles. The van der Waals surface area contributed by atoms with Crippen LogP contribution in [-0.2, 0) is 9.47 Å². The van der Waals surface area contributed by atoms with Crippen LogP contribution in [0.4, 0.5) is 0 Å². The van der Waals surface area contributed by atoms with Crippen LogP contribution in [0.15, 0.2) is 0 Å². The molecule has 2 rings (SSSR count). The quantitative estimate of drug-likeness (QED) is 0.540. The third-order valence-corrected chi connectivity index (χ3v) is 2.25. The molecule has 2 nitrogen and oxygen atoms in total. The van der Waals surface area contributed by atoms with Crippen molar-refractivity contribution in [3.63, 3.8) is 0 Å². The summed E-state index contributed by atoms with van der Waals surface area (Å²) in [6.07, 6.45) is 4.42. The van der Waals surface area contributed by atoms with E-state index in [0.717, 1.165) is 25.7 Å². The van der Waals surface area contributed by atoms with Crippen LogP contribution in [0, 0.1) is 5.92 Å². The minimum Gasteiger partial charge on any atom is -0.381 e. The van der Waals surface area contributed by atoms with Gasteiger partial charge in [0.1, 0.15) is 0 Å². The Kier molecular flexibility index (Phi) is 1.91. The number of hydrogen-bond donors (Lipinski definition) is 0. The smallest absolute Gasteiger partial charge is 0.0813 e. The number of rotatable bonds is 2. The van der Waals surface area contributed by atoms with Crippen molar-refractivity contribution in [2.45, 2.75) is 25.4 Å². The van der Waals surface area contributed by atoms with Crippen LogP contribution in [0.2, 0.25) is 0 Å². The van der Waals surface area contributed by atoms with Crippen molar-refractivity contribution < 1.29 is 9.47 Å². The van der Waals surface area contributed by atoms with Gasteiger partial charge in [-0.25, -0.2) is 0 Å². The molecule has 2 heteroatoms. The first-order valence-corrected chi connectivity index (χ1v) is 4.14. The van der Waals surface area contributed by atoms with Crippen LogP contribution in [-0.4, -0.2) is 25.9 Å². The zero-order valence-corrected chi connectivity index (χ0v) is 6.21. The summed E-state index contributed by atoms with van der Waals surface area (Å²) >= 11 is 0.